The van der Waals surface area contributed by atoms with Crippen molar-refractivity contribution in [3.05, 3.63) is 90.0 Å². The van der Waals surface area contributed by atoms with Crippen LogP contribution in [-0.2, 0) is 20.9 Å². The lowest BCUT2D eigenvalue weighted by atomic mass is 10.1. The Morgan fingerprint density at radius 3 is 2.38 bits per heavy atom. The zero-order chi connectivity index (χ0) is 26.8. The molecule has 2 N–H and O–H groups in total. The number of para-hydroxylation sites is 2. The SMILES string of the molecule is C=Cc1cccc(COC(=O)c2ccc(N/N=C(\C(C)=O)C(=O)Nc3ccccc3OC)c(OC)c2)c1. The van der Waals surface area contributed by atoms with Gasteiger partial charge in [0, 0.05) is 6.92 Å². The van der Waals surface area contributed by atoms with Crippen LogP contribution in [0.4, 0.5) is 11.4 Å². The van der Waals surface area contributed by atoms with Crippen LogP contribution in [0.15, 0.2) is 78.4 Å². The fourth-order valence-electron chi connectivity index (χ4n) is 3.29. The number of nitrogens with zero attached hydrogens (tertiary/aromatic N) is 1. The van der Waals surface area contributed by atoms with Gasteiger partial charge < -0.3 is 19.5 Å². The molecular formula is C28H27N3O6. The normalized spacial score (nSPS) is 10.7. The molecule has 3 aromatic rings. The topological polar surface area (TPSA) is 115 Å². The number of carbonyl (C=O) groups excluding carboxylic acids is 3. The van der Waals surface area contributed by atoms with E-state index < -0.39 is 17.7 Å². The molecule has 3 aromatic carbocycles. The molecule has 1 amide bonds. The Hall–Kier alpha value is -4.92. The van der Waals surface area contributed by atoms with Gasteiger partial charge in [-0.15, -0.1) is 0 Å². The molecule has 0 spiro atoms. The van der Waals surface area contributed by atoms with Crippen molar-refractivity contribution in [2.24, 2.45) is 5.10 Å². The van der Waals surface area contributed by atoms with Gasteiger partial charge in [-0.25, -0.2) is 4.79 Å². The second kappa shape index (κ2) is 12.7. The van der Waals surface area contributed by atoms with Crippen LogP contribution in [0.3, 0.4) is 0 Å². The molecule has 0 radical (unpaired) electrons. The van der Waals surface area contributed by atoms with E-state index in [1.807, 2.05) is 24.3 Å². The van der Waals surface area contributed by atoms with Gasteiger partial charge in [-0.1, -0.05) is 43.0 Å². The van der Waals surface area contributed by atoms with Crippen LogP contribution in [0.5, 0.6) is 11.5 Å². The molecule has 0 aromatic heterocycles. The van der Waals surface area contributed by atoms with E-state index in [0.29, 0.717) is 17.1 Å². The number of methoxy groups -OCH3 is 2. The van der Waals surface area contributed by atoms with Gasteiger partial charge in [-0.3, -0.25) is 15.0 Å². The third-order valence-corrected chi connectivity index (χ3v) is 5.19. The molecule has 0 fully saturated rings. The Kier molecular flexibility index (Phi) is 9.15. The quantitative estimate of drug-likeness (QED) is 0.169. The molecule has 9 nitrogen and oxygen atoms in total. The number of benzene rings is 3. The molecule has 0 bridgehead atoms. The smallest absolute Gasteiger partial charge is 0.338 e. The average Bonchev–Trinajstić information content (AvgIpc) is 2.92. The van der Waals surface area contributed by atoms with Gasteiger partial charge in [-0.05, 0) is 47.5 Å². The summed E-state index contributed by atoms with van der Waals surface area (Å²) >= 11 is 0. The number of rotatable bonds is 11. The molecule has 0 saturated heterocycles. The fourth-order valence-corrected chi connectivity index (χ4v) is 3.29. The highest BCUT2D eigenvalue weighted by molar-refractivity contribution is 6.67. The maximum atomic E-state index is 12.7. The first-order chi connectivity index (χ1) is 17.9. The minimum absolute atomic E-state index is 0.0937. The predicted octanol–water partition coefficient (Wildman–Crippen LogP) is 4.70. The van der Waals surface area contributed by atoms with E-state index in [1.54, 1.807) is 30.3 Å². The molecule has 0 heterocycles. The number of carbonyl (C=O) groups is 3. The number of hydrazone groups is 1. The molecule has 0 saturated carbocycles. The number of ketones is 1. The van der Waals surface area contributed by atoms with Crippen LogP contribution < -0.4 is 20.2 Å². The maximum absolute atomic E-state index is 12.7. The number of amides is 1. The molecule has 3 rings (SSSR count). The van der Waals surface area contributed by atoms with E-state index >= 15 is 0 Å². The minimum atomic E-state index is -0.718. The molecule has 0 aliphatic rings. The van der Waals surface area contributed by atoms with E-state index in [1.165, 1.54) is 39.3 Å². The first-order valence-corrected chi connectivity index (χ1v) is 11.2. The lowest BCUT2D eigenvalue weighted by Gasteiger charge is -2.12. The molecule has 190 valence electrons. The molecule has 0 atom stereocenters. The van der Waals surface area contributed by atoms with Crippen molar-refractivity contribution in [3.63, 3.8) is 0 Å². The molecule has 0 aliphatic heterocycles. The second-order valence-electron chi connectivity index (χ2n) is 7.72. The van der Waals surface area contributed by atoms with Crippen molar-refractivity contribution in [2.45, 2.75) is 13.5 Å². The summed E-state index contributed by atoms with van der Waals surface area (Å²) in [6, 6.07) is 18.8. The van der Waals surface area contributed by atoms with Crippen molar-refractivity contribution < 1.29 is 28.6 Å². The van der Waals surface area contributed by atoms with Crippen LogP contribution in [0.1, 0.15) is 28.4 Å². The van der Waals surface area contributed by atoms with Crippen LogP contribution in [0.25, 0.3) is 6.08 Å². The third kappa shape index (κ3) is 7.04. The van der Waals surface area contributed by atoms with Gasteiger partial charge in [0.25, 0.3) is 5.91 Å². The summed E-state index contributed by atoms with van der Waals surface area (Å²) < 4.78 is 16.0. The van der Waals surface area contributed by atoms with Gasteiger partial charge in [0.2, 0.25) is 0 Å². The zero-order valence-corrected chi connectivity index (χ0v) is 20.7. The second-order valence-corrected chi connectivity index (χ2v) is 7.72. The van der Waals surface area contributed by atoms with Crippen molar-refractivity contribution >= 4 is 40.8 Å². The first kappa shape index (κ1) is 26.7. The molecule has 0 aliphatic carbocycles. The van der Waals surface area contributed by atoms with Crippen molar-refractivity contribution in [3.8, 4) is 11.5 Å². The number of hydrogen-bond donors (Lipinski definition) is 2. The summed E-state index contributed by atoms with van der Waals surface area (Å²) in [7, 11) is 2.89. The minimum Gasteiger partial charge on any atom is -0.495 e. The number of nitrogens with one attached hydrogen (secondary N) is 2. The van der Waals surface area contributed by atoms with Gasteiger partial charge in [0.1, 0.15) is 18.1 Å². The predicted molar refractivity (Wildman–Crippen MR) is 142 cm³/mol. The van der Waals surface area contributed by atoms with Crippen molar-refractivity contribution in [1.29, 1.82) is 0 Å². The largest absolute Gasteiger partial charge is 0.495 e. The average molecular weight is 502 g/mol. The van der Waals surface area contributed by atoms with Crippen LogP contribution >= 0.6 is 0 Å². The maximum Gasteiger partial charge on any atom is 0.338 e. The van der Waals surface area contributed by atoms with E-state index in [2.05, 4.69) is 22.4 Å². The van der Waals surface area contributed by atoms with E-state index in [-0.39, 0.29) is 23.6 Å². The van der Waals surface area contributed by atoms with Gasteiger partial charge in [-0.2, -0.15) is 5.10 Å². The molecule has 37 heavy (non-hydrogen) atoms. The zero-order valence-electron chi connectivity index (χ0n) is 20.7. The van der Waals surface area contributed by atoms with Crippen LogP contribution in [0.2, 0.25) is 0 Å². The Balaban J connectivity index is 1.72. The highest BCUT2D eigenvalue weighted by atomic mass is 16.5. The number of Topliss-reactive ketones (excluding diaryl/α,β-unsaturated/α-hetero) is 1. The van der Waals surface area contributed by atoms with E-state index in [0.717, 1.165) is 11.1 Å². The summed E-state index contributed by atoms with van der Waals surface area (Å²) in [5, 5.41) is 6.59. The molecular weight excluding hydrogens is 474 g/mol. The third-order valence-electron chi connectivity index (χ3n) is 5.19. The summed E-state index contributed by atoms with van der Waals surface area (Å²) in [6.07, 6.45) is 1.71. The number of esters is 1. The first-order valence-electron chi connectivity index (χ1n) is 11.2. The van der Waals surface area contributed by atoms with Gasteiger partial charge in [0.05, 0.1) is 31.2 Å². The number of anilines is 2. The van der Waals surface area contributed by atoms with Crippen molar-refractivity contribution in [2.75, 3.05) is 25.0 Å². The summed E-state index contributed by atoms with van der Waals surface area (Å²) in [6.45, 7) is 5.05. The standard InChI is InChI=1S/C28H27N3O6/c1-5-19-9-8-10-20(15-19)17-37-28(34)21-13-14-23(25(16-21)36-4)30-31-26(18(2)32)27(33)29-22-11-6-7-12-24(22)35-3/h5-16,30H,1,17H2,2-4H3,(H,29,33)/b31-26+. The lowest BCUT2D eigenvalue weighted by Crippen LogP contribution is -2.29. The highest BCUT2D eigenvalue weighted by Gasteiger charge is 2.19. The molecule has 0 unspecified atom stereocenters. The van der Waals surface area contributed by atoms with E-state index in [9.17, 15) is 14.4 Å². The van der Waals surface area contributed by atoms with Crippen LogP contribution in [-0.4, -0.2) is 37.6 Å². The fraction of sp³-hybridized carbons (Fsp3) is 0.143. The molecule has 9 heteroatoms. The Labute approximate surface area is 214 Å². The van der Waals surface area contributed by atoms with Crippen LogP contribution in [0, 0.1) is 0 Å². The van der Waals surface area contributed by atoms with Gasteiger partial charge >= 0.3 is 5.97 Å². The Morgan fingerprint density at radius 1 is 0.919 bits per heavy atom. The Bertz CT molecular complexity index is 1350. The summed E-state index contributed by atoms with van der Waals surface area (Å²) in [5.41, 5.74) is 5.04. The highest BCUT2D eigenvalue weighted by Crippen LogP contribution is 2.27. The van der Waals surface area contributed by atoms with Crippen molar-refractivity contribution in [1.82, 2.24) is 0 Å². The number of ether oxygens (including phenoxy) is 3. The van der Waals surface area contributed by atoms with E-state index in [4.69, 9.17) is 14.2 Å². The number of hydrogen-bond acceptors (Lipinski definition) is 8. The Morgan fingerprint density at radius 2 is 1.68 bits per heavy atom. The monoisotopic (exact) mass is 501 g/mol. The lowest BCUT2D eigenvalue weighted by molar-refractivity contribution is -0.114. The summed E-state index contributed by atoms with van der Waals surface area (Å²) in [4.78, 5) is 37.4. The summed E-state index contributed by atoms with van der Waals surface area (Å²) in [5.74, 6) is -1.12. The van der Waals surface area contributed by atoms with Gasteiger partial charge in [0.15, 0.2) is 11.5 Å².